The summed E-state index contributed by atoms with van der Waals surface area (Å²) in [7, 11) is 1.53. The number of hydrogen-bond acceptors (Lipinski definition) is 13. The van der Waals surface area contributed by atoms with Crippen LogP contribution in [0.25, 0.3) is 0 Å². The summed E-state index contributed by atoms with van der Waals surface area (Å²) in [4.78, 5) is 2.52. The van der Waals surface area contributed by atoms with Crippen LogP contribution in [-0.4, -0.2) is 102 Å². The number of methoxy groups -OCH3 is 1. The summed E-state index contributed by atoms with van der Waals surface area (Å²) in [5, 5.41) is 0. The molecule has 0 saturated carbocycles. The first kappa shape index (κ1) is 24.5. The van der Waals surface area contributed by atoms with Crippen molar-refractivity contribution in [3.05, 3.63) is 5.69 Å². The molecule has 2 bridgehead atoms. The number of ether oxygens (including phenoxy) is 6. The summed E-state index contributed by atoms with van der Waals surface area (Å²) in [5.41, 5.74) is 1.03. The fourth-order valence-electron chi connectivity index (χ4n) is 4.11. The largest absolute Gasteiger partial charge is 0.477 e. The smallest absolute Gasteiger partial charge is 0.291 e. The molecule has 2 aromatic rings. The molecule has 184 valence electrons. The van der Waals surface area contributed by atoms with E-state index in [1.807, 2.05) is 0 Å². The van der Waals surface area contributed by atoms with Crippen LogP contribution < -0.4 is 14.2 Å². The van der Waals surface area contributed by atoms with Crippen LogP contribution in [0.5, 0.6) is 17.6 Å². The minimum Gasteiger partial charge on any atom is -0.477 e. The molecule has 13 heteroatoms. The molecule has 5 heterocycles. The molecule has 0 spiro atoms. The molecule has 33 heavy (non-hydrogen) atoms. The first-order chi connectivity index (χ1) is 16.3. The van der Waals surface area contributed by atoms with Crippen molar-refractivity contribution in [2.75, 3.05) is 79.6 Å². The van der Waals surface area contributed by atoms with Crippen LogP contribution in [0.1, 0.15) is 24.5 Å². The first-order valence-electron chi connectivity index (χ1n) is 11.3. The lowest BCUT2D eigenvalue weighted by molar-refractivity contribution is 0.00439. The summed E-state index contributed by atoms with van der Waals surface area (Å²) in [5.74, 6) is 2.64. The van der Waals surface area contributed by atoms with E-state index in [0.717, 1.165) is 24.0 Å². The Morgan fingerprint density at radius 1 is 0.727 bits per heavy atom. The van der Waals surface area contributed by atoms with Gasteiger partial charge in [-0.15, -0.1) is 13.1 Å². The van der Waals surface area contributed by atoms with Crippen molar-refractivity contribution >= 4 is 23.5 Å². The molecule has 3 saturated heterocycles. The molecule has 0 N–H and O–H groups in total. The zero-order valence-electron chi connectivity index (χ0n) is 18.8. The van der Waals surface area contributed by atoms with Crippen LogP contribution in [0, 0.1) is 5.92 Å². The fourth-order valence-corrected chi connectivity index (χ4v) is 5.15. The maximum absolute atomic E-state index is 5.87. The fraction of sp³-hybridized carbons (Fsp3) is 0.800. The molecule has 5 rings (SSSR count). The van der Waals surface area contributed by atoms with Crippen molar-refractivity contribution in [2.45, 2.75) is 18.8 Å². The number of piperidine rings is 3. The van der Waals surface area contributed by atoms with Gasteiger partial charge in [0.2, 0.25) is 5.88 Å². The summed E-state index contributed by atoms with van der Waals surface area (Å²) >= 11 is 2.28. The maximum atomic E-state index is 5.87. The van der Waals surface area contributed by atoms with Crippen molar-refractivity contribution < 1.29 is 28.4 Å². The molecule has 1 atom stereocenters. The van der Waals surface area contributed by atoms with Crippen molar-refractivity contribution in [1.82, 2.24) is 22.4 Å². The number of fused-ring (bicyclic) bond motifs is 3. The summed E-state index contributed by atoms with van der Waals surface area (Å²) in [6, 6.07) is 0. The molecule has 0 amide bonds. The van der Waals surface area contributed by atoms with E-state index < -0.39 is 0 Å². The molecule has 1 unspecified atom stereocenters. The second kappa shape index (κ2) is 13.3. The molecule has 0 aliphatic carbocycles. The van der Waals surface area contributed by atoms with E-state index in [0.29, 0.717) is 82.3 Å². The van der Waals surface area contributed by atoms with E-state index in [4.69, 9.17) is 28.4 Å². The lowest BCUT2D eigenvalue weighted by Gasteiger charge is -2.44. The molecular weight excluding hydrogens is 470 g/mol. The minimum atomic E-state index is 0.376. The average Bonchev–Trinajstić information content (AvgIpc) is 3.52. The SMILES string of the molecule is COc1nsnc1OCCOCCOCCOCCOc1nsnc1C1CN2CCC1CC2. The van der Waals surface area contributed by atoms with Gasteiger partial charge in [0, 0.05) is 12.5 Å². The molecule has 3 aliphatic rings. The Hall–Kier alpha value is -1.64. The van der Waals surface area contributed by atoms with Gasteiger partial charge < -0.3 is 33.3 Å². The van der Waals surface area contributed by atoms with Gasteiger partial charge in [-0.1, -0.05) is 0 Å². The van der Waals surface area contributed by atoms with Crippen LogP contribution in [0.2, 0.25) is 0 Å². The Labute approximate surface area is 201 Å². The highest BCUT2D eigenvalue weighted by Gasteiger charge is 2.38. The average molecular weight is 502 g/mol. The summed E-state index contributed by atoms with van der Waals surface area (Å²) in [6.07, 6.45) is 2.51. The molecular formula is C20H31N5O6S2. The van der Waals surface area contributed by atoms with Crippen LogP contribution in [0.3, 0.4) is 0 Å². The van der Waals surface area contributed by atoms with Gasteiger partial charge in [0.25, 0.3) is 11.8 Å². The van der Waals surface area contributed by atoms with Crippen LogP contribution >= 0.6 is 23.5 Å². The molecule has 3 fully saturated rings. The predicted molar refractivity (Wildman–Crippen MR) is 122 cm³/mol. The molecule has 2 aromatic heterocycles. The quantitative estimate of drug-likeness (QED) is 0.314. The minimum absolute atomic E-state index is 0.376. The zero-order valence-corrected chi connectivity index (χ0v) is 20.5. The Morgan fingerprint density at radius 2 is 1.27 bits per heavy atom. The number of nitrogens with zero attached hydrogens (tertiary/aromatic N) is 5. The molecule has 3 aliphatic heterocycles. The predicted octanol–water partition coefficient (Wildman–Crippen LogP) is 1.71. The third-order valence-corrected chi connectivity index (χ3v) is 6.81. The third kappa shape index (κ3) is 7.17. The van der Waals surface area contributed by atoms with E-state index in [-0.39, 0.29) is 0 Å². The second-order valence-electron chi connectivity index (χ2n) is 7.81. The lowest BCUT2D eigenvalue weighted by atomic mass is 9.77. The highest BCUT2D eigenvalue weighted by atomic mass is 32.1. The Morgan fingerprint density at radius 3 is 1.88 bits per heavy atom. The van der Waals surface area contributed by atoms with Crippen LogP contribution in [0.4, 0.5) is 0 Å². The molecule has 0 aromatic carbocycles. The monoisotopic (exact) mass is 501 g/mol. The van der Waals surface area contributed by atoms with E-state index >= 15 is 0 Å². The van der Waals surface area contributed by atoms with Crippen molar-refractivity contribution in [3.8, 4) is 17.6 Å². The Kier molecular flexibility index (Phi) is 9.87. The van der Waals surface area contributed by atoms with Crippen molar-refractivity contribution in [1.29, 1.82) is 0 Å². The van der Waals surface area contributed by atoms with Crippen LogP contribution in [0.15, 0.2) is 0 Å². The van der Waals surface area contributed by atoms with Gasteiger partial charge in [-0.05, 0) is 31.8 Å². The van der Waals surface area contributed by atoms with Crippen LogP contribution in [-0.2, 0) is 14.2 Å². The van der Waals surface area contributed by atoms with Gasteiger partial charge in [-0.3, -0.25) is 0 Å². The normalized spacial score (nSPS) is 21.9. The van der Waals surface area contributed by atoms with E-state index in [1.165, 1.54) is 44.8 Å². The second-order valence-corrected chi connectivity index (χ2v) is 8.87. The van der Waals surface area contributed by atoms with Crippen molar-refractivity contribution in [3.63, 3.8) is 0 Å². The number of hydrogen-bond donors (Lipinski definition) is 0. The molecule has 0 radical (unpaired) electrons. The van der Waals surface area contributed by atoms with Gasteiger partial charge in [0.1, 0.15) is 18.9 Å². The van der Waals surface area contributed by atoms with Gasteiger partial charge in [0.15, 0.2) is 0 Å². The van der Waals surface area contributed by atoms with Gasteiger partial charge in [-0.2, -0.15) is 4.37 Å². The zero-order chi connectivity index (χ0) is 22.7. The first-order valence-corrected chi connectivity index (χ1v) is 12.7. The summed E-state index contributed by atoms with van der Waals surface area (Å²) < 4.78 is 49.7. The van der Waals surface area contributed by atoms with Gasteiger partial charge in [-0.25, -0.2) is 0 Å². The van der Waals surface area contributed by atoms with Gasteiger partial charge in [0.05, 0.1) is 70.2 Å². The topological polar surface area (TPSA) is 110 Å². The third-order valence-electron chi connectivity index (χ3n) is 5.79. The van der Waals surface area contributed by atoms with Gasteiger partial charge >= 0.3 is 0 Å². The van der Waals surface area contributed by atoms with Crippen molar-refractivity contribution in [2.24, 2.45) is 5.92 Å². The van der Waals surface area contributed by atoms with E-state index in [2.05, 4.69) is 22.4 Å². The van der Waals surface area contributed by atoms with E-state index in [9.17, 15) is 0 Å². The lowest BCUT2D eigenvalue weighted by Crippen LogP contribution is -2.46. The molecule has 11 nitrogen and oxygen atoms in total. The standard InChI is InChI=1S/C20H31N5O6S2/c1-26-19-20(24-33-23-19)31-13-11-29-9-7-27-6-8-28-10-12-30-18-17(21-32-22-18)16-14-25-4-2-15(16)3-5-25/h15-16H,2-14H2,1H3. The highest BCUT2D eigenvalue weighted by Crippen LogP contribution is 2.41. The Balaban J connectivity index is 0.973. The maximum Gasteiger partial charge on any atom is 0.291 e. The number of rotatable bonds is 16. The Bertz CT molecular complexity index is 816. The highest BCUT2D eigenvalue weighted by molar-refractivity contribution is 6.99. The van der Waals surface area contributed by atoms with E-state index in [1.54, 1.807) is 0 Å². The summed E-state index contributed by atoms with van der Waals surface area (Å²) in [6.45, 7) is 7.26. The number of aromatic nitrogens is 4.